The number of rotatable bonds is 3. The van der Waals surface area contributed by atoms with Gasteiger partial charge in [-0.2, -0.15) is 0 Å². The lowest BCUT2D eigenvalue weighted by molar-refractivity contribution is -0.144. The summed E-state index contributed by atoms with van der Waals surface area (Å²) in [7, 11) is 0. The van der Waals surface area contributed by atoms with Crippen molar-refractivity contribution in [3.05, 3.63) is 0 Å². The Morgan fingerprint density at radius 1 is 1.21 bits per heavy atom. The molecule has 0 aromatic rings. The van der Waals surface area contributed by atoms with Gasteiger partial charge in [-0.05, 0) is 20.3 Å². The summed E-state index contributed by atoms with van der Waals surface area (Å²) in [6.07, 6.45) is 0.568. The molecule has 2 saturated heterocycles. The Bertz CT molecular complexity index is 364. The van der Waals surface area contributed by atoms with Crippen LogP contribution < -0.4 is 5.32 Å². The van der Waals surface area contributed by atoms with Crippen LogP contribution in [0.1, 0.15) is 20.3 Å². The first-order chi connectivity index (χ1) is 8.93. The van der Waals surface area contributed by atoms with Crippen LogP contribution in [0.5, 0.6) is 0 Å². The van der Waals surface area contributed by atoms with E-state index in [1.807, 2.05) is 13.8 Å². The van der Waals surface area contributed by atoms with Crippen molar-refractivity contribution < 1.29 is 14.7 Å². The molecule has 0 aromatic heterocycles. The summed E-state index contributed by atoms with van der Waals surface area (Å²) < 4.78 is 0. The second-order valence-corrected chi connectivity index (χ2v) is 5.87. The molecule has 19 heavy (non-hydrogen) atoms. The van der Waals surface area contributed by atoms with Crippen LogP contribution in [0.4, 0.5) is 0 Å². The van der Waals surface area contributed by atoms with Gasteiger partial charge in [0, 0.05) is 39.3 Å². The Morgan fingerprint density at radius 3 is 2.37 bits per heavy atom. The average molecular weight is 269 g/mol. The third-order valence-electron chi connectivity index (χ3n) is 4.26. The molecule has 0 aromatic carbocycles. The third kappa shape index (κ3) is 2.90. The van der Waals surface area contributed by atoms with Crippen molar-refractivity contribution in [3.63, 3.8) is 0 Å². The summed E-state index contributed by atoms with van der Waals surface area (Å²) in [6, 6.07) is 0. The highest BCUT2D eigenvalue weighted by Crippen LogP contribution is 2.24. The number of carboxylic acid groups (broad SMARTS) is 1. The maximum Gasteiger partial charge on any atom is 0.308 e. The van der Waals surface area contributed by atoms with Crippen LogP contribution in [0, 0.1) is 5.92 Å². The Kier molecular flexibility index (Phi) is 4.10. The van der Waals surface area contributed by atoms with Crippen LogP contribution in [0.2, 0.25) is 0 Å². The van der Waals surface area contributed by atoms with Gasteiger partial charge in [0.05, 0.1) is 11.5 Å². The largest absolute Gasteiger partial charge is 0.481 e. The van der Waals surface area contributed by atoms with Crippen molar-refractivity contribution in [2.24, 2.45) is 5.92 Å². The lowest BCUT2D eigenvalue weighted by Crippen LogP contribution is -2.60. The number of carbonyl (C=O) groups excluding carboxylic acids is 1. The topological polar surface area (TPSA) is 72.9 Å². The van der Waals surface area contributed by atoms with E-state index in [0.29, 0.717) is 19.5 Å². The molecule has 2 aliphatic heterocycles. The summed E-state index contributed by atoms with van der Waals surface area (Å²) in [5.41, 5.74) is -0.546. The number of amides is 1. The fourth-order valence-electron chi connectivity index (χ4n) is 2.89. The summed E-state index contributed by atoms with van der Waals surface area (Å²) in [5.74, 6) is -1.14. The highest BCUT2D eigenvalue weighted by molar-refractivity contribution is 5.86. The van der Waals surface area contributed by atoms with E-state index in [4.69, 9.17) is 5.11 Å². The molecular weight excluding hydrogens is 246 g/mol. The van der Waals surface area contributed by atoms with Gasteiger partial charge in [0.25, 0.3) is 0 Å². The van der Waals surface area contributed by atoms with Crippen molar-refractivity contribution in [2.45, 2.75) is 25.8 Å². The maximum atomic E-state index is 12.6. The fourth-order valence-corrected chi connectivity index (χ4v) is 2.89. The third-order valence-corrected chi connectivity index (χ3v) is 4.26. The standard InChI is InChI=1S/C13H23N3O3/c1-13(2,16-7-4-14-5-8-16)12(19)15-6-3-10(9-15)11(17)18/h10,14H,3-9H2,1-2H3,(H,17,18). The molecule has 0 radical (unpaired) electrons. The first-order valence-electron chi connectivity index (χ1n) is 6.91. The van der Waals surface area contributed by atoms with Crippen LogP contribution >= 0.6 is 0 Å². The fraction of sp³-hybridized carbons (Fsp3) is 0.846. The molecule has 1 amide bonds. The van der Waals surface area contributed by atoms with E-state index in [1.54, 1.807) is 4.90 Å². The van der Waals surface area contributed by atoms with Crippen LogP contribution in [0.3, 0.4) is 0 Å². The summed E-state index contributed by atoms with van der Waals surface area (Å²) in [6.45, 7) is 8.30. The minimum absolute atomic E-state index is 0.0538. The van der Waals surface area contributed by atoms with Crippen molar-refractivity contribution in [1.29, 1.82) is 0 Å². The molecule has 1 unspecified atom stereocenters. The number of piperazine rings is 1. The minimum atomic E-state index is -0.796. The molecule has 0 spiro atoms. The van der Waals surface area contributed by atoms with E-state index in [2.05, 4.69) is 10.2 Å². The smallest absolute Gasteiger partial charge is 0.308 e. The zero-order valence-electron chi connectivity index (χ0n) is 11.7. The average Bonchev–Trinajstić information content (AvgIpc) is 2.88. The van der Waals surface area contributed by atoms with Crippen LogP contribution in [-0.4, -0.2) is 71.6 Å². The molecule has 6 nitrogen and oxygen atoms in total. The van der Waals surface area contributed by atoms with Crippen molar-refractivity contribution >= 4 is 11.9 Å². The zero-order chi connectivity index (χ0) is 14.0. The van der Waals surface area contributed by atoms with Gasteiger partial charge in [-0.15, -0.1) is 0 Å². The van der Waals surface area contributed by atoms with Crippen molar-refractivity contribution in [2.75, 3.05) is 39.3 Å². The molecule has 2 rings (SSSR count). The predicted molar refractivity (Wildman–Crippen MR) is 70.8 cm³/mol. The monoisotopic (exact) mass is 269 g/mol. The molecule has 108 valence electrons. The van der Waals surface area contributed by atoms with Crippen LogP contribution in [0.15, 0.2) is 0 Å². The molecule has 2 heterocycles. The number of nitrogens with one attached hydrogen (secondary N) is 1. The van der Waals surface area contributed by atoms with Gasteiger partial charge in [-0.25, -0.2) is 0 Å². The molecule has 2 fully saturated rings. The second kappa shape index (κ2) is 5.46. The van der Waals surface area contributed by atoms with Gasteiger partial charge >= 0.3 is 5.97 Å². The lowest BCUT2D eigenvalue weighted by atomic mass is 9.99. The van der Waals surface area contributed by atoms with Gasteiger partial charge in [0.15, 0.2) is 0 Å². The maximum absolute atomic E-state index is 12.6. The Morgan fingerprint density at radius 2 is 1.84 bits per heavy atom. The Balaban J connectivity index is 2.00. The number of nitrogens with zero attached hydrogens (tertiary/aromatic N) is 2. The SMILES string of the molecule is CC(C)(C(=O)N1CCC(C(=O)O)C1)N1CCNCC1. The molecular formula is C13H23N3O3. The van der Waals surface area contributed by atoms with Crippen LogP contribution in [0.25, 0.3) is 0 Å². The normalized spacial score (nSPS) is 25.6. The van der Waals surface area contributed by atoms with Crippen LogP contribution in [-0.2, 0) is 9.59 Å². The quantitative estimate of drug-likeness (QED) is 0.729. The second-order valence-electron chi connectivity index (χ2n) is 5.87. The van der Waals surface area contributed by atoms with Gasteiger partial charge in [0.2, 0.25) is 5.91 Å². The number of carbonyl (C=O) groups is 2. The summed E-state index contributed by atoms with van der Waals surface area (Å²) in [4.78, 5) is 27.5. The molecule has 2 N–H and O–H groups in total. The van der Waals surface area contributed by atoms with Crippen molar-refractivity contribution in [3.8, 4) is 0 Å². The van der Waals surface area contributed by atoms with Gasteiger partial charge in [-0.3, -0.25) is 14.5 Å². The lowest BCUT2D eigenvalue weighted by Gasteiger charge is -2.41. The number of hydrogen-bond donors (Lipinski definition) is 2. The van der Waals surface area contributed by atoms with Gasteiger partial charge in [-0.1, -0.05) is 0 Å². The number of hydrogen-bond acceptors (Lipinski definition) is 4. The minimum Gasteiger partial charge on any atom is -0.481 e. The summed E-state index contributed by atoms with van der Waals surface area (Å²) >= 11 is 0. The predicted octanol–water partition coefficient (Wildman–Crippen LogP) is -0.397. The van der Waals surface area contributed by atoms with E-state index in [1.165, 1.54) is 0 Å². The van der Waals surface area contributed by atoms with E-state index in [-0.39, 0.29) is 5.91 Å². The molecule has 0 aliphatic carbocycles. The highest BCUT2D eigenvalue weighted by Gasteiger charge is 2.41. The van der Waals surface area contributed by atoms with Gasteiger partial charge < -0.3 is 15.3 Å². The number of likely N-dealkylation sites (tertiary alicyclic amines) is 1. The Hall–Kier alpha value is -1.14. The van der Waals surface area contributed by atoms with E-state index >= 15 is 0 Å². The van der Waals surface area contributed by atoms with Crippen molar-refractivity contribution in [1.82, 2.24) is 15.1 Å². The summed E-state index contributed by atoms with van der Waals surface area (Å²) in [5, 5.41) is 12.3. The number of aliphatic carboxylic acids is 1. The molecule has 1 atom stereocenters. The molecule has 6 heteroatoms. The van der Waals surface area contributed by atoms with E-state index < -0.39 is 17.4 Å². The van der Waals surface area contributed by atoms with Gasteiger partial charge in [0.1, 0.15) is 0 Å². The molecule has 0 saturated carbocycles. The zero-order valence-corrected chi connectivity index (χ0v) is 11.7. The number of carboxylic acids is 1. The Labute approximate surface area is 113 Å². The van der Waals surface area contributed by atoms with E-state index in [0.717, 1.165) is 26.2 Å². The van der Waals surface area contributed by atoms with E-state index in [9.17, 15) is 9.59 Å². The first-order valence-corrected chi connectivity index (χ1v) is 6.91. The molecule has 0 bridgehead atoms. The highest BCUT2D eigenvalue weighted by atomic mass is 16.4. The molecule has 2 aliphatic rings. The first kappa shape index (κ1) is 14.3.